The SMILES string of the molecule is C=C(SCCCN1CC2C[C@@]2(c2ccc(C(=O)CC)c(OC)c2)C1)N(C)C(=N)c1ocnc1C.CC. The zero-order valence-corrected chi connectivity index (χ0v) is 23.3. The smallest absolute Gasteiger partial charge is 0.192 e. The van der Waals surface area contributed by atoms with E-state index in [-0.39, 0.29) is 17.0 Å². The quantitative estimate of drug-likeness (QED) is 0.178. The van der Waals surface area contributed by atoms with E-state index >= 15 is 0 Å². The van der Waals surface area contributed by atoms with Crippen molar-refractivity contribution in [3.05, 3.63) is 58.8 Å². The molecule has 1 unspecified atom stereocenters. The number of likely N-dealkylation sites (tertiary alicyclic amines) is 1. The molecule has 4 rings (SSSR count). The van der Waals surface area contributed by atoms with Gasteiger partial charge in [-0.25, -0.2) is 4.98 Å². The summed E-state index contributed by atoms with van der Waals surface area (Å²) in [5.74, 6) is 3.21. The third kappa shape index (κ3) is 5.70. The first-order chi connectivity index (χ1) is 17.3. The van der Waals surface area contributed by atoms with Crippen LogP contribution >= 0.6 is 11.8 Å². The van der Waals surface area contributed by atoms with E-state index in [4.69, 9.17) is 14.6 Å². The lowest BCUT2D eigenvalue weighted by Crippen LogP contribution is -2.28. The zero-order chi connectivity index (χ0) is 26.5. The van der Waals surface area contributed by atoms with Crippen LogP contribution in [0.2, 0.25) is 0 Å². The van der Waals surface area contributed by atoms with Crippen molar-refractivity contribution >= 4 is 23.4 Å². The van der Waals surface area contributed by atoms with Crippen molar-refractivity contribution in [3.63, 3.8) is 0 Å². The molecule has 1 aromatic carbocycles. The Kier molecular flexibility index (Phi) is 9.41. The van der Waals surface area contributed by atoms with Gasteiger partial charge in [-0.1, -0.05) is 33.4 Å². The lowest BCUT2D eigenvalue weighted by atomic mass is 9.92. The van der Waals surface area contributed by atoms with E-state index in [1.165, 1.54) is 18.4 Å². The molecule has 2 heterocycles. The summed E-state index contributed by atoms with van der Waals surface area (Å²) in [4.78, 5) is 20.6. The maximum Gasteiger partial charge on any atom is 0.192 e. The number of methoxy groups -OCH3 is 1. The number of carbonyl (C=O) groups is 1. The number of aromatic nitrogens is 1. The topological polar surface area (TPSA) is 82.7 Å². The Bertz CT molecular complexity index is 1100. The molecule has 1 N–H and O–H groups in total. The minimum atomic E-state index is 0.122. The van der Waals surface area contributed by atoms with Gasteiger partial charge < -0.3 is 19.0 Å². The number of thioether (sulfide) groups is 1. The average Bonchev–Trinajstić information content (AvgIpc) is 3.22. The van der Waals surface area contributed by atoms with Crippen molar-refractivity contribution in [1.29, 1.82) is 5.41 Å². The molecule has 1 aliphatic heterocycles. The third-order valence-electron chi connectivity index (χ3n) is 7.17. The third-order valence-corrected chi connectivity index (χ3v) is 8.27. The van der Waals surface area contributed by atoms with E-state index in [1.54, 1.807) is 23.8 Å². The van der Waals surface area contributed by atoms with Crippen molar-refractivity contribution in [2.45, 2.75) is 52.4 Å². The summed E-state index contributed by atoms with van der Waals surface area (Å²) in [7, 11) is 3.48. The van der Waals surface area contributed by atoms with Gasteiger partial charge in [0.25, 0.3) is 0 Å². The van der Waals surface area contributed by atoms with Crippen LogP contribution in [0.15, 0.2) is 40.6 Å². The Hall–Kier alpha value is -2.58. The van der Waals surface area contributed by atoms with Gasteiger partial charge in [0.15, 0.2) is 23.8 Å². The van der Waals surface area contributed by atoms with Gasteiger partial charge in [0.1, 0.15) is 5.75 Å². The van der Waals surface area contributed by atoms with Crippen LogP contribution in [0.25, 0.3) is 0 Å². The number of hydrogen-bond donors (Lipinski definition) is 1. The van der Waals surface area contributed by atoms with E-state index in [0.717, 1.165) is 36.8 Å². The van der Waals surface area contributed by atoms with Crippen molar-refractivity contribution < 1.29 is 13.9 Å². The highest BCUT2D eigenvalue weighted by molar-refractivity contribution is 8.02. The Morgan fingerprint density at radius 2 is 2.17 bits per heavy atom. The van der Waals surface area contributed by atoms with Crippen LogP contribution in [0.4, 0.5) is 0 Å². The number of nitrogens with one attached hydrogen (secondary N) is 1. The molecule has 1 aliphatic carbocycles. The van der Waals surface area contributed by atoms with Crippen LogP contribution in [-0.4, -0.2) is 65.9 Å². The van der Waals surface area contributed by atoms with Crippen molar-refractivity contribution in [3.8, 4) is 5.75 Å². The number of ketones is 1. The molecule has 7 nitrogen and oxygen atoms in total. The largest absolute Gasteiger partial charge is 0.496 e. The molecule has 196 valence electrons. The molecule has 2 aromatic rings. The fourth-order valence-electron chi connectivity index (χ4n) is 5.01. The number of benzene rings is 1. The monoisotopic (exact) mass is 512 g/mol. The summed E-state index contributed by atoms with van der Waals surface area (Å²) in [5, 5.41) is 9.16. The number of oxazole rings is 1. The minimum Gasteiger partial charge on any atom is -0.496 e. The summed E-state index contributed by atoms with van der Waals surface area (Å²) < 4.78 is 10.9. The van der Waals surface area contributed by atoms with E-state index in [1.807, 2.05) is 40.8 Å². The van der Waals surface area contributed by atoms with Gasteiger partial charge in [-0.15, -0.1) is 11.8 Å². The van der Waals surface area contributed by atoms with Crippen LogP contribution < -0.4 is 4.74 Å². The number of amidine groups is 1. The number of hydrogen-bond acceptors (Lipinski definition) is 7. The predicted molar refractivity (Wildman–Crippen MR) is 147 cm³/mol. The molecule has 36 heavy (non-hydrogen) atoms. The second kappa shape index (κ2) is 12.1. The van der Waals surface area contributed by atoms with E-state index in [2.05, 4.69) is 28.6 Å². The number of fused-ring (bicyclic) bond motifs is 1. The second-order valence-corrected chi connectivity index (χ2v) is 10.4. The highest BCUT2D eigenvalue weighted by Gasteiger charge is 2.60. The van der Waals surface area contributed by atoms with E-state index in [0.29, 0.717) is 35.1 Å². The lowest BCUT2D eigenvalue weighted by molar-refractivity contribution is 0.0985. The molecule has 0 spiro atoms. The van der Waals surface area contributed by atoms with Crippen molar-refractivity contribution in [2.24, 2.45) is 5.92 Å². The predicted octanol–water partition coefficient (Wildman–Crippen LogP) is 5.74. The van der Waals surface area contributed by atoms with Gasteiger partial charge in [0.2, 0.25) is 0 Å². The molecule has 0 amide bonds. The molecule has 0 bridgehead atoms. The first-order valence-corrected chi connectivity index (χ1v) is 13.8. The van der Waals surface area contributed by atoms with Gasteiger partial charge in [-0.2, -0.15) is 0 Å². The summed E-state index contributed by atoms with van der Waals surface area (Å²) in [6, 6.07) is 6.17. The fourth-order valence-corrected chi connectivity index (χ4v) is 5.80. The summed E-state index contributed by atoms with van der Waals surface area (Å²) in [6.07, 6.45) is 4.12. The Morgan fingerprint density at radius 3 is 2.81 bits per heavy atom. The zero-order valence-electron chi connectivity index (χ0n) is 22.5. The van der Waals surface area contributed by atoms with Gasteiger partial charge in [0.05, 0.1) is 23.4 Å². The molecular formula is C28H40N4O3S. The van der Waals surface area contributed by atoms with E-state index < -0.39 is 0 Å². The summed E-state index contributed by atoms with van der Waals surface area (Å²) in [5.41, 5.74) is 2.91. The van der Waals surface area contributed by atoms with Gasteiger partial charge in [-0.3, -0.25) is 10.2 Å². The molecule has 2 aliphatic rings. The molecule has 1 saturated carbocycles. The molecular weight excluding hydrogens is 472 g/mol. The van der Waals surface area contributed by atoms with Crippen LogP contribution in [0, 0.1) is 18.3 Å². The molecule has 1 saturated heterocycles. The Labute approximate surface area is 219 Å². The van der Waals surface area contributed by atoms with Crippen LogP contribution in [0.1, 0.15) is 67.4 Å². The van der Waals surface area contributed by atoms with Crippen molar-refractivity contribution in [1.82, 2.24) is 14.8 Å². The molecule has 1 aromatic heterocycles. The maximum atomic E-state index is 12.2. The summed E-state index contributed by atoms with van der Waals surface area (Å²) in [6.45, 7) is 15.1. The molecule has 2 fully saturated rings. The van der Waals surface area contributed by atoms with E-state index in [9.17, 15) is 4.79 Å². The van der Waals surface area contributed by atoms with Crippen LogP contribution in [0.5, 0.6) is 5.75 Å². The maximum absolute atomic E-state index is 12.2. The molecule has 2 atom stereocenters. The lowest BCUT2D eigenvalue weighted by Gasteiger charge is -2.23. The highest BCUT2D eigenvalue weighted by atomic mass is 32.2. The Balaban J connectivity index is 0.00000176. The number of Topliss-reactive ketones (excluding diaryl/α,β-unsaturated/α-hetero) is 1. The standard InChI is InChI=1S/C26H34N4O3S.C2H6/c1-6-22(31)21-9-8-19(12-23(21)32-5)26-13-20(26)14-30(15-26)10-7-11-34-18(3)29(4)25(27)24-17(2)28-16-33-24;1-2/h8-9,12,16,20,27H,3,6-7,10-11,13-15H2,1-2,4-5H3;1-2H3/t20?,26-;/m0./s1. The second-order valence-electron chi connectivity index (χ2n) is 9.25. The highest BCUT2D eigenvalue weighted by Crippen LogP contribution is 2.59. The first-order valence-electron chi connectivity index (χ1n) is 12.8. The average molecular weight is 513 g/mol. The number of carbonyl (C=O) groups excluding carboxylic acids is 1. The number of aryl methyl sites for hydroxylation is 1. The van der Waals surface area contributed by atoms with Gasteiger partial charge in [-0.05, 0) is 49.9 Å². The minimum absolute atomic E-state index is 0.122. The molecule has 0 radical (unpaired) electrons. The van der Waals surface area contributed by atoms with Gasteiger partial charge >= 0.3 is 0 Å². The number of rotatable bonds is 11. The van der Waals surface area contributed by atoms with Crippen LogP contribution in [-0.2, 0) is 5.41 Å². The van der Waals surface area contributed by atoms with Gasteiger partial charge in [0, 0.05) is 37.7 Å². The number of piperidine rings is 1. The van der Waals surface area contributed by atoms with Crippen LogP contribution in [0.3, 0.4) is 0 Å². The fraction of sp³-hybridized carbons (Fsp3) is 0.536. The molecule has 8 heteroatoms. The number of ether oxygens (including phenoxy) is 1. The Morgan fingerprint density at radius 1 is 1.42 bits per heavy atom. The first kappa shape index (κ1) is 28.0. The normalized spacial score (nSPS) is 20.2. The summed E-state index contributed by atoms with van der Waals surface area (Å²) >= 11 is 1.67. The number of nitrogens with zero attached hydrogens (tertiary/aromatic N) is 3. The van der Waals surface area contributed by atoms with Crippen molar-refractivity contribution in [2.75, 3.05) is 39.5 Å².